The standard InChI is InChI=1S/C21H26N2O5S2/c1-15-7-8-19(12-16(15)2)30(27,28)22(3)14-21(24)23-11-5-6-17-13-18(29(4,25)26)9-10-20(17)23/h7-10,12-13H,5-6,11,14H2,1-4H3. The van der Waals surface area contributed by atoms with Gasteiger partial charge in [0.15, 0.2) is 9.84 Å². The Morgan fingerprint density at radius 3 is 2.30 bits per heavy atom. The summed E-state index contributed by atoms with van der Waals surface area (Å²) in [7, 11) is -5.76. The van der Waals surface area contributed by atoms with Gasteiger partial charge >= 0.3 is 0 Å². The summed E-state index contributed by atoms with van der Waals surface area (Å²) in [6, 6.07) is 9.60. The van der Waals surface area contributed by atoms with E-state index in [2.05, 4.69) is 0 Å². The van der Waals surface area contributed by atoms with E-state index in [9.17, 15) is 21.6 Å². The lowest BCUT2D eigenvalue weighted by molar-refractivity contribution is -0.118. The third-order valence-electron chi connectivity index (χ3n) is 5.44. The smallest absolute Gasteiger partial charge is 0.243 e. The van der Waals surface area contributed by atoms with Crippen molar-refractivity contribution in [1.29, 1.82) is 0 Å². The van der Waals surface area contributed by atoms with Crippen molar-refractivity contribution >= 4 is 31.5 Å². The van der Waals surface area contributed by atoms with Crippen molar-refractivity contribution in [1.82, 2.24) is 4.31 Å². The predicted octanol–water partition coefficient (Wildman–Crippen LogP) is 2.31. The number of likely N-dealkylation sites (N-methyl/N-ethyl adjacent to an activating group) is 1. The molecule has 0 spiro atoms. The molecule has 30 heavy (non-hydrogen) atoms. The molecule has 2 aromatic rings. The minimum absolute atomic E-state index is 0.151. The summed E-state index contributed by atoms with van der Waals surface area (Å²) in [6.07, 6.45) is 2.49. The Kier molecular flexibility index (Phi) is 6.08. The van der Waals surface area contributed by atoms with Gasteiger partial charge in [0.25, 0.3) is 0 Å². The fraction of sp³-hybridized carbons (Fsp3) is 0.381. The molecule has 0 radical (unpaired) electrons. The topological polar surface area (TPSA) is 91.8 Å². The van der Waals surface area contributed by atoms with Crippen LogP contribution in [0.3, 0.4) is 0 Å². The number of carbonyl (C=O) groups is 1. The van der Waals surface area contributed by atoms with Gasteiger partial charge in [-0.25, -0.2) is 16.8 Å². The summed E-state index contributed by atoms with van der Waals surface area (Å²) in [5, 5.41) is 0. The summed E-state index contributed by atoms with van der Waals surface area (Å²) in [5.41, 5.74) is 3.27. The summed E-state index contributed by atoms with van der Waals surface area (Å²) >= 11 is 0. The van der Waals surface area contributed by atoms with Gasteiger partial charge in [-0.1, -0.05) is 6.07 Å². The number of sulfonamides is 1. The summed E-state index contributed by atoms with van der Waals surface area (Å²) in [4.78, 5) is 14.9. The van der Waals surface area contributed by atoms with Gasteiger partial charge in [-0.3, -0.25) is 4.79 Å². The van der Waals surface area contributed by atoms with Crippen LogP contribution in [-0.4, -0.2) is 53.4 Å². The van der Waals surface area contributed by atoms with Crippen molar-refractivity contribution < 1.29 is 21.6 Å². The van der Waals surface area contributed by atoms with Crippen molar-refractivity contribution in [2.75, 3.05) is 31.3 Å². The molecule has 0 bridgehead atoms. The maximum atomic E-state index is 13.0. The first-order valence-electron chi connectivity index (χ1n) is 9.58. The van der Waals surface area contributed by atoms with Crippen LogP contribution in [0.25, 0.3) is 0 Å². The number of anilines is 1. The van der Waals surface area contributed by atoms with Crippen molar-refractivity contribution in [2.45, 2.75) is 36.5 Å². The normalized spacial score (nSPS) is 14.6. The fourth-order valence-corrected chi connectivity index (χ4v) is 5.36. The molecule has 0 aliphatic carbocycles. The van der Waals surface area contributed by atoms with Crippen LogP contribution in [0.5, 0.6) is 0 Å². The fourth-order valence-electron chi connectivity index (χ4n) is 3.48. The van der Waals surface area contributed by atoms with Gasteiger partial charge in [0.2, 0.25) is 15.9 Å². The number of sulfone groups is 1. The van der Waals surface area contributed by atoms with Crippen molar-refractivity contribution in [3.8, 4) is 0 Å². The molecule has 0 atom stereocenters. The molecule has 1 amide bonds. The van der Waals surface area contributed by atoms with Crippen LogP contribution in [0, 0.1) is 13.8 Å². The van der Waals surface area contributed by atoms with Gasteiger partial charge in [0.05, 0.1) is 16.3 Å². The highest BCUT2D eigenvalue weighted by molar-refractivity contribution is 7.90. The average molecular weight is 451 g/mol. The minimum Gasteiger partial charge on any atom is -0.311 e. The Balaban J connectivity index is 1.84. The van der Waals surface area contributed by atoms with Gasteiger partial charge < -0.3 is 4.90 Å². The van der Waals surface area contributed by atoms with E-state index in [4.69, 9.17) is 0 Å². The SMILES string of the molecule is Cc1ccc(S(=O)(=O)N(C)CC(=O)N2CCCc3cc(S(C)(=O)=O)ccc32)cc1C. The molecule has 162 valence electrons. The first-order chi connectivity index (χ1) is 13.9. The van der Waals surface area contributed by atoms with E-state index in [0.29, 0.717) is 25.1 Å². The lowest BCUT2D eigenvalue weighted by Crippen LogP contribution is -2.43. The van der Waals surface area contributed by atoms with E-state index in [0.717, 1.165) is 27.3 Å². The van der Waals surface area contributed by atoms with E-state index < -0.39 is 19.9 Å². The molecule has 7 nitrogen and oxygen atoms in total. The molecule has 0 N–H and O–H groups in total. The van der Waals surface area contributed by atoms with Crippen LogP contribution in [0.15, 0.2) is 46.2 Å². The van der Waals surface area contributed by atoms with Crippen LogP contribution in [-0.2, 0) is 31.1 Å². The first-order valence-corrected chi connectivity index (χ1v) is 12.9. The number of nitrogens with zero attached hydrogens (tertiary/aromatic N) is 2. The molecular formula is C21H26N2O5S2. The number of carbonyl (C=O) groups excluding carboxylic acids is 1. The van der Waals surface area contributed by atoms with Crippen LogP contribution in [0.1, 0.15) is 23.1 Å². The Labute approximate surface area is 178 Å². The quantitative estimate of drug-likeness (QED) is 0.697. The third-order valence-corrected chi connectivity index (χ3v) is 8.35. The maximum absolute atomic E-state index is 13.0. The summed E-state index contributed by atoms with van der Waals surface area (Å²) in [5.74, 6) is -0.349. The highest BCUT2D eigenvalue weighted by atomic mass is 32.2. The van der Waals surface area contributed by atoms with Crippen LogP contribution >= 0.6 is 0 Å². The second kappa shape index (κ2) is 8.13. The van der Waals surface area contributed by atoms with E-state index in [1.54, 1.807) is 30.3 Å². The van der Waals surface area contributed by atoms with Crippen molar-refractivity contribution in [3.05, 3.63) is 53.1 Å². The summed E-state index contributed by atoms with van der Waals surface area (Å²) < 4.78 is 50.5. The zero-order valence-electron chi connectivity index (χ0n) is 17.5. The van der Waals surface area contributed by atoms with Gasteiger partial charge in [-0.15, -0.1) is 0 Å². The van der Waals surface area contributed by atoms with Gasteiger partial charge in [-0.2, -0.15) is 4.31 Å². The number of aryl methyl sites for hydroxylation is 3. The third kappa shape index (κ3) is 4.43. The second-order valence-corrected chi connectivity index (χ2v) is 11.8. The minimum atomic E-state index is -3.81. The van der Waals surface area contributed by atoms with Crippen LogP contribution < -0.4 is 4.90 Å². The number of rotatable bonds is 5. The molecule has 0 fully saturated rings. The highest BCUT2D eigenvalue weighted by Crippen LogP contribution is 2.30. The Bertz CT molecular complexity index is 1200. The Hall–Kier alpha value is -2.23. The monoisotopic (exact) mass is 450 g/mol. The number of fused-ring (bicyclic) bond motifs is 1. The zero-order chi connectivity index (χ0) is 22.3. The largest absolute Gasteiger partial charge is 0.311 e. The highest BCUT2D eigenvalue weighted by Gasteiger charge is 2.28. The van der Waals surface area contributed by atoms with Crippen molar-refractivity contribution in [2.24, 2.45) is 0 Å². The molecule has 0 aromatic heterocycles. The molecule has 0 unspecified atom stereocenters. The molecule has 1 heterocycles. The maximum Gasteiger partial charge on any atom is 0.243 e. The van der Waals surface area contributed by atoms with E-state index in [-0.39, 0.29) is 22.2 Å². The van der Waals surface area contributed by atoms with Crippen LogP contribution in [0.4, 0.5) is 5.69 Å². The van der Waals surface area contributed by atoms with E-state index in [1.165, 1.54) is 18.0 Å². The molecule has 1 aliphatic rings. The Morgan fingerprint density at radius 1 is 1.00 bits per heavy atom. The van der Waals surface area contributed by atoms with Crippen LogP contribution in [0.2, 0.25) is 0 Å². The number of amides is 1. The van der Waals surface area contributed by atoms with Gasteiger partial charge in [-0.05, 0) is 73.7 Å². The zero-order valence-corrected chi connectivity index (χ0v) is 19.2. The number of hydrogen-bond donors (Lipinski definition) is 0. The first kappa shape index (κ1) is 22.5. The summed E-state index contributed by atoms with van der Waals surface area (Å²) in [6.45, 7) is 3.90. The number of hydrogen-bond acceptors (Lipinski definition) is 5. The van der Waals surface area contributed by atoms with E-state index in [1.807, 2.05) is 13.8 Å². The molecule has 2 aromatic carbocycles. The predicted molar refractivity (Wildman–Crippen MR) is 116 cm³/mol. The molecule has 3 rings (SSSR count). The Morgan fingerprint density at radius 2 is 1.67 bits per heavy atom. The molecule has 1 aliphatic heterocycles. The molecule has 0 saturated heterocycles. The lowest BCUT2D eigenvalue weighted by Gasteiger charge is -2.31. The van der Waals surface area contributed by atoms with Gasteiger partial charge in [0.1, 0.15) is 0 Å². The molecular weight excluding hydrogens is 424 g/mol. The van der Waals surface area contributed by atoms with Gasteiger partial charge in [0, 0.05) is 25.5 Å². The van der Waals surface area contributed by atoms with E-state index >= 15 is 0 Å². The average Bonchev–Trinajstić information content (AvgIpc) is 2.68. The molecule has 0 saturated carbocycles. The second-order valence-electron chi connectivity index (χ2n) is 7.72. The number of benzene rings is 2. The molecule has 9 heteroatoms. The lowest BCUT2D eigenvalue weighted by atomic mass is 10.0. The van der Waals surface area contributed by atoms with Crippen molar-refractivity contribution in [3.63, 3.8) is 0 Å².